The zero-order valence-corrected chi connectivity index (χ0v) is 13.6. The normalized spacial score (nSPS) is 21.5. The van der Waals surface area contributed by atoms with Crippen molar-refractivity contribution in [2.75, 3.05) is 32.9 Å². The lowest BCUT2D eigenvalue weighted by atomic mass is 10.1. The van der Waals surface area contributed by atoms with Crippen molar-refractivity contribution in [3.05, 3.63) is 35.1 Å². The fraction of sp³-hybridized carbons (Fsp3) is 0.611. The maximum atomic E-state index is 13.8. The van der Waals surface area contributed by atoms with E-state index in [-0.39, 0.29) is 24.2 Å². The first-order chi connectivity index (χ1) is 11.1. The molecule has 1 amide bonds. The molecule has 2 aliphatic rings. The van der Waals surface area contributed by atoms with Crippen molar-refractivity contribution in [3.63, 3.8) is 0 Å². The number of hydrogen-bond donors (Lipinski definition) is 0. The third-order valence-corrected chi connectivity index (χ3v) is 4.39. The number of aryl methyl sites for hydroxylation is 1. The largest absolute Gasteiger partial charge is 0.378 e. The molecule has 5 heteroatoms. The minimum atomic E-state index is -0.318. The SMILES string of the molecule is Cc1ccc(F)c(CC(=O)N2CCO[C@@H](COCC3CC3)C2)c1. The average Bonchev–Trinajstić information content (AvgIpc) is 3.35. The van der Waals surface area contributed by atoms with Gasteiger partial charge in [0, 0.05) is 19.7 Å². The van der Waals surface area contributed by atoms with Gasteiger partial charge in [0.05, 0.1) is 25.7 Å². The van der Waals surface area contributed by atoms with Crippen LogP contribution < -0.4 is 0 Å². The number of hydrogen-bond acceptors (Lipinski definition) is 3. The molecule has 23 heavy (non-hydrogen) atoms. The van der Waals surface area contributed by atoms with Gasteiger partial charge in [-0.15, -0.1) is 0 Å². The van der Waals surface area contributed by atoms with Crippen LogP contribution in [0.25, 0.3) is 0 Å². The average molecular weight is 321 g/mol. The summed E-state index contributed by atoms with van der Waals surface area (Å²) in [6.07, 6.45) is 2.55. The molecular weight excluding hydrogens is 297 g/mol. The number of nitrogens with zero attached hydrogens (tertiary/aromatic N) is 1. The second kappa shape index (κ2) is 7.41. The molecule has 0 radical (unpaired) electrons. The van der Waals surface area contributed by atoms with E-state index in [1.807, 2.05) is 6.92 Å². The summed E-state index contributed by atoms with van der Waals surface area (Å²) < 4.78 is 25.1. The van der Waals surface area contributed by atoms with Crippen molar-refractivity contribution in [1.29, 1.82) is 0 Å². The number of carbonyl (C=O) groups is 1. The van der Waals surface area contributed by atoms with E-state index in [0.29, 0.717) is 31.9 Å². The van der Waals surface area contributed by atoms with Crippen LogP contribution in [0, 0.1) is 18.7 Å². The van der Waals surface area contributed by atoms with Crippen LogP contribution in [0.4, 0.5) is 4.39 Å². The Kier molecular flexibility index (Phi) is 5.28. The van der Waals surface area contributed by atoms with Gasteiger partial charge >= 0.3 is 0 Å². The van der Waals surface area contributed by atoms with Crippen LogP contribution in [0.1, 0.15) is 24.0 Å². The van der Waals surface area contributed by atoms with Crippen molar-refractivity contribution in [2.45, 2.75) is 32.3 Å². The van der Waals surface area contributed by atoms with E-state index >= 15 is 0 Å². The first-order valence-corrected chi connectivity index (χ1v) is 8.34. The summed E-state index contributed by atoms with van der Waals surface area (Å²) >= 11 is 0. The third kappa shape index (κ3) is 4.75. The fourth-order valence-corrected chi connectivity index (χ4v) is 2.81. The fourth-order valence-electron chi connectivity index (χ4n) is 2.81. The summed E-state index contributed by atoms with van der Waals surface area (Å²) in [4.78, 5) is 14.2. The van der Waals surface area contributed by atoms with Gasteiger partial charge in [-0.1, -0.05) is 17.7 Å². The molecule has 1 aliphatic carbocycles. The molecule has 0 N–H and O–H groups in total. The van der Waals surface area contributed by atoms with Crippen molar-refractivity contribution >= 4 is 5.91 Å². The topological polar surface area (TPSA) is 38.8 Å². The van der Waals surface area contributed by atoms with Crippen molar-refractivity contribution < 1.29 is 18.7 Å². The van der Waals surface area contributed by atoms with E-state index in [0.717, 1.165) is 18.1 Å². The number of amides is 1. The van der Waals surface area contributed by atoms with Crippen molar-refractivity contribution in [2.24, 2.45) is 5.92 Å². The maximum absolute atomic E-state index is 13.8. The number of carbonyl (C=O) groups excluding carboxylic acids is 1. The van der Waals surface area contributed by atoms with E-state index in [1.165, 1.54) is 18.9 Å². The van der Waals surface area contributed by atoms with Crippen molar-refractivity contribution in [1.82, 2.24) is 4.90 Å². The molecule has 0 spiro atoms. The number of morpholine rings is 1. The summed E-state index contributed by atoms with van der Waals surface area (Å²) in [7, 11) is 0. The van der Waals surface area contributed by atoms with Gasteiger partial charge in [0.1, 0.15) is 5.82 Å². The van der Waals surface area contributed by atoms with Gasteiger partial charge in [0.25, 0.3) is 0 Å². The third-order valence-electron chi connectivity index (χ3n) is 4.39. The van der Waals surface area contributed by atoms with Gasteiger partial charge in [0.15, 0.2) is 0 Å². The molecule has 0 aromatic heterocycles. The van der Waals surface area contributed by atoms with Crippen LogP contribution in [0.2, 0.25) is 0 Å². The van der Waals surface area contributed by atoms with Gasteiger partial charge in [0.2, 0.25) is 5.91 Å². The van der Waals surface area contributed by atoms with Crippen LogP contribution in [-0.4, -0.2) is 49.8 Å². The van der Waals surface area contributed by atoms with E-state index in [2.05, 4.69) is 0 Å². The molecule has 1 aromatic carbocycles. The number of ether oxygens (including phenoxy) is 2. The maximum Gasteiger partial charge on any atom is 0.227 e. The molecule has 0 bridgehead atoms. The van der Waals surface area contributed by atoms with Gasteiger partial charge in [-0.25, -0.2) is 4.39 Å². The van der Waals surface area contributed by atoms with Crippen molar-refractivity contribution in [3.8, 4) is 0 Å². The highest BCUT2D eigenvalue weighted by Gasteiger charge is 2.26. The van der Waals surface area contributed by atoms with E-state index in [1.54, 1.807) is 17.0 Å². The quantitative estimate of drug-likeness (QED) is 0.807. The predicted molar refractivity (Wildman–Crippen MR) is 84.7 cm³/mol. The lowest BCUT2D eigenvalue weighted by molar-refractivity contribution is -0.140. The van der Waals surface area contributed by atoms with E-state index < -0.39 is 0 Å². The Hall–Kier alpha value is -1.46. The van der Waals surface area contributed by atoms with Crippen LogP contribution in [-0.2, 0) is 20.7 Å². The minimum absolute atomic E-state index is 0.0509. The first kappa shape index (κ1) is 16.4. The molecule has 2 fully saturated rings. The Morgan fingerprint density at radius 2 is 2.22 bits per heavy atom. The Balaban J connectivity index is 1.50. The lowest BCUT2D eigenvalue weighted by Gasteiger charge is -2.33. The van der Waals surface area contributed by atoms with E-state index in [4.69, 9.17) is 9.47 Å². The number of rotatable bonds is 6. The Morgan fingerprint density at radius 1 is 1.39 bits per heavy atom. The lowest BCUT2D eigenvalue weighted by Crippen LogP contribution is -2.47. The zero-order chi connectivity index (χ0) is 16.2. The molecule has 0 unspecified atom stereocenters. The second-order valence-electron chi connectivity index (χ2n) is 6.59. The molecule has 1 saturated carbocycles. The Bertz CT molecular complexity index is 559. The molecule has 3 rings (SSSR count). The molecular formula is C18H24FNO3. The van der Waals surface area contributed by atoms with Crippen LogP contribution in [0.3, 0.4) is 0 Å². The summed E-state index contributed by atoms with van der Waals surface area (Å²) in [6, 6.07) is 4.88. The summed E-state index contributed by atoms with van der Waals surface area (Å²) in [5.74, 6) is 0.354. The molecule has 1 aromatic rings. The Morgan fingerprint density at radius 3 is 3.00 bits per heavy atom. The Labute approximate surface area is 136 Å². The molecule has 1 heterocycles. The molecule has 1 saturated heterocycles. The van der Waals surface area contributed by atoms with Gasteiger partial charge in [-0.05, 0) is 37.3 Å². The highest BCUT2D eigenvalue weighted by Crippen LogP contribution is 2.28. The predicted octanol–water partition coefficient (Wildman–Crippen LogP) is 2.33. The van der Waals surface area contributed by atoms with Gasteiger partial charge in [-0.3, -0.25) is 4.79 Å². The summed E-state index contributed by atoms with van der Waals surface area (Å²) in [6.45, 7) is 4.82. The van der Waals surface area contributed by atoms with Crippen LogP contribution in [0.5, 0.6) is 0 Å². The summed E-state index contributed by atoms with van der Waals surface area (Å²) in [5, 5.41) is 0. The van der Waals surface area contributed by atoms with Crippen LogP contribution >= 0.6 is 0 Å². The first-order valence-electron chi connectivity index (χ1n) is 8.34. The molecule has 126 valence electrons. The monoisotopic (exact) mass is 321 g/mol. The summed E-state index contributed by atoms with van der Waals surface area (Å²) in [5.41, 5.74) is 1.42. The van der Waals surface area contributed by atoms with E-state index in [9.17, 15) is 9.18 Å². The molecule has 1 atom stereocenters. The second-order valence-corrected chi connectivity index (χ2v) is 6.59. The standard InChI is InChI=1S/C18H24FNO3/c1-13-2-5-17(19)15(8-13)9-18(21)20-6-7-23-16(10-20)12-22-11-14-3-4-14/h2,5,8,14,16H,3-4,6-7,9-12H2,1H3/t16-/m1/s1. The van der Waals surface area contributed by atoms with Gasteiger partial charge in [-0.2, -0.15) is 0 Å². The minimum Gasteiger partial charge on any atom is -0.378 e. The highest BCUT2D eigenvalue weighted by atomic mass is 19.1. The molecule has 1 aliphatic heterocycles. The molecule has 4 nitrogen and oxygen atoms in total. The number of halogens is 1. The van der Waals surface area contributed by atoms with Crippen LogP contribution in [0.15, 0.2) is 18.2 Å². The zero-order valence-electron chi connectivity index (χ0n) is 13.6. The highest BCUT2D eigenvalue weighted by molar-refractivity contribution is 5.79. The smallest absolute Gasteiger partial charge is 0.227 e. The number of benzene rings is 1. The van der Waals surface area contributed by atoms with Gasteiger partial charge < -0.3 is 14.4 Å².